The molecular formula is C13H22N2. The van der Waals surface area contributed by atoms with Crippen molar-refractivity contribution >= 4 is 0 Å². The highest BCUT2D eigenvalue weighted by atomic mass is 15.0. The molecule has 0 aliphatic rings. The van der Waals surface area contributed by atoms with Crippen molar-refractivity contribution in [1.82, 2.24) is 5.32 Å². The summed E-state index contributed by atoms with van der Waals surface area (Å²) in [5, 5.41) is 3.26. The summed E-state index contributed by atoms with van der Waals surface area (Å²) in [5.41, 5.74) is 9.96. The monoisotopic (exact) mass is 206 g/mol. The van der Waals surface area contributed by atoms with E-state index in [2.05, 4.69) is 51.2 Å². The lowest BCUT2D eigenvalue weighted by Crippen LogP contribution is -2.46. The predicted molar refractivity (Wildman–Crippen MR) is 66.0 cm³/mol. The van der Waals surface area contributed by atoms with E-state index < -0.39 is 0 Å². The Kier molecular flexibility index (Phi) is 3.53. The molecule has 3 N–H and O–H groups in total. The molecule has 1 atom stereocenters. The molecule has 0 spiro atoms. The van der Waals surface area contributed by atoms with Gasteiger partial charge in [-0.1, -0.05) is 23.8 Å². The third kappa shape index (κ3) is 2.58. The van der Waals surface area contributed by atoms with Gasteiger partial charge in [0.2, 0.25) is 0 Å². The zero-order chi connectivity index (χ0) is 11.6. The lowest BCUT2D eigenvalue weighted by molar-refractivity contribution is 0.348. The molecule has 1 unspecified atom stereocenters. The van der Waals surface area contributed by atoms with Gasteiger partial charge in [-0.05, 0) is 45.9 Å². The maximum atomic E-state index is 6.29. The minimum Gasteiger partial charge on any atom is -0.322 e. The van der Waals surface area contributed by atoms with E-state index in [0.29, 0.717) is 0 Å². The van der Waals surface area contributed by atoms with E-state index in [1.54, 1.807) is 0 Å². The zero-order valence-electron chi connectivity index (χ0n) is 10.4. The molecule has 0 aliphatic heterocycles. The minimum absolute atomic E-state index is 0.0161. The Bertz CT molecular complexity index is 342. The molecule has 84 valence electrons. The normalized spacial score (nSPS) is 14.0. The van der Waals surface area contributed by atoms with Crippen LogP contribution in [0.5, 0.6) is 0 Å². The number of nitrogens with two attached hydrogens (primary N) is 1. The molecule has 15 heavy (non-hydrogen) atoms. The first kappa shape index (κ1) is 12.2. The smallest absolute Gasteiger partial charge is 0.0477 e. The largest absolute Gasteiger partial charge is 0.322 e. The number of rotatable bonds is 3. The molecule has 2 nitrogen and oxygen atoms in total. The Morgan fingerprint density at radius 3 is 2.40 bits per heavy atom. The van der Waals surface area contributed by atoms with Crippen molar-refractivity contribution in [3.05, 3.63) is 34.9 Å². The maximum Gasteiger partial charge on any atom is 0.0477 e. The van der Waals surface area contributed by atoms with Gasteiger partial charge in [0.25, 0.3) is 0 Å². The Hall–Kier alpha value is -0.860. The molecule has 0 aliphatic carbocycles. The highest BCUT2D eigenvalue weighted by Crippen LogP contribution is 2.26. The fourth-order valence-electron chi connectivity index (χ4n) is 1.64. The quantitative estimate of drug-likeness (QED) is 0.796. The van der Waals surface area contributed by atoms with E-state index in [-0.39, 0.29) is 11.6 Å². The summed E-state index contributed by atoms with van der Waals surface area (Å²) in [7, 11) is 1.95. The highest BCUT2D eigenvalue weighted by molar-refractivity contribution is 5.34. The topological polar surface area (TPSA) is 38.0 Å². The molecule has 0 saturated heterocycles. The van der Waals surface area contributed by atoms with Gasteiger partial charge in [0, 0.05) is 11.6 Å². The van der Waals surface area contributed by atoms with E-state index in [9.17, 15) is 0 Å². The summed E-state index contributed by atoms with van der Waals surface area (Å²) >= 11 is 0. The van der Waals surface area contributed by atoms with Crippen LogP contribution in [0, 0.1) is 13.8 Å². The average Bonchev–Trinajstić information content (AvgIpc) is 2.20. The van der Waals surface area contributed by atoms with Crippen LogP contribution < -0.4 is 11.1 Å². The van der Waals surface area contributed by atoms with E-state index in [1.807, 2.05) is 7.05 Å². The lowest BCUT2D eigenvalue weighted by atomic mass is 9.86. The summed E-state index contributed by atoms with van der Waals surface area (Å²) in [6.45, 7) is 8.46. The molecule has 0 saturated carbocycles. The number of aryl methyl sites for hydroxylation is 2. The van der Waals surface area contributed by atoms with Gasteiger partial charge in [-0.15, -0.1) is 0 Å². The molecule has 0 fully saturated rings. The van der Waals surface area contributed by atoms with Crippen LogP contribution in [-0.4, -0.2) is 12.6 Å². The molecule has 0 heterocycles. The van der Waals surface area contributed by atoms with Crippen LogP contribution in [0.3, 0.4) is 0 Å². The van der Waals surface area contributed by atoms with Gasteiger partial charge < -0.3 is 11.1 Å². The zero-order valence-corrected chi connectivity index (χ0v) is 10.4. The van der Waals surface area contributed by atoms with Gasteiger partial charge in [0.15, 0.2) is 0 Å². The molecule has 1 aromatic carbocycles. The lowest BCUT2D eigenvalue weighted by Gasteiger charge is -2.32. The standard InChI is InChI=1S/C13H22N2/c1-9-6-7-10(2)11(8-9)12(14)13(3,4)15-5/h6-8,12,15H,14H2,1-5H3. The second-order valence-corrected chi connectivity index (χ2v) is 4.81. The van der Waals surface area contributed by atoms with Gasteiger partial charge in [-0.2, -0.15) is 0 Å². The van der Waals surface area contributed by atoms with Gasteiger partial charge in [-0.3, -0.25) is 0 Å². The third-order valence-corrected chi connectivity index (χ3v) is 3.19. The summed E-state index contributed by atoms with van der Waals surface area (Å²) in [6, 6.07) is 6.45. The Morgan fingerprint density at radius 1 is 1.27 bits per heavy atom. The van der Waals surface area contributed by atoms with Crippen molar-refractivity contribution in [3.63, 3.8) is 0 Å². The summed E-state index contributed by atoms with van der Waals surface area (Å²) in [5.74, 6) is 0. The van der Waals surface area contributed by atoms with Crippen LogP contribution in [0.15, 0.2) is 18.2 Å². The van der Waals surface area contributed by atoms with E-state index >= 15 is 0 Å². The Morgan fingerprint density at radius 2 is 1.87 bits per heavy atom. The number of nitrogens with one attached hydrogen (secondary N) is 1. The summed E-state index contributed by atoms with van der Waals surface area (Å²) in [6.07, 6.45) is 0. The van der Waals surface area contributed by atoms with Crippen molar-refractivity contribution in [3.8, 4) is 0 Å². The molecule has 1 rings (SSSR count). The minimum atomic E-state index is -0.0848. The van der Waals surface area contributed by atoms with Gasteiger partial charge >= 0.3 is 0 Å². The molecular weight excluding hydrogens is 184 g/mol. The van der Waals surface area contributed by atoms with Crippen LogP contribution in [0.25, 0.3) is 0 Å². The van der Waals surface area contributed by atoms with Crippen molar-refractivity contribution in [2.24, 2.45) is 5.73 Å². The van der Waals surface area contributed by atoms with Crippen molar-refractivity contribution < 1.29 is 0 Å². The molecule has 1 aromatic rings. The van der Waals surface area contributed by atoms with Crippen molar-refractivity contribution in [1.29, 1.82) is 0 Å². The van der Waals surface area contributed by atoms with Crippen LogP contribution in [0.1, 0.15) is 36.6 Å². The summed E-state index contributed by atoms with van der Waals surface area (Å²) < 4.78 is 0. The van der Waals surface area contributed by atoms with Gasteiger partial charge in [-0.25, -0.2) is 0 Å². The Labute approximate surface area is 92.9 Å². The molecule has 0 bridgehead atoms. The first-order chi connectivity index (χ1) is 6.88. The number of hydrogen-bond acceptors (Lipinski definition) is 2. The van der Waals surface area contributed by atoms with E-state index in [0.717, 1.165) is 0 Å². The number of hydrogen-bond donors (Lipinski definition) is 2. The fraction of sp³-hybridized carbons (Fsp3) is 0.538. The van der Waals surface area contributed by atoms with E-state index in [1.165, 1.54) is 16.7 Å². The molecule has 2 heteroatoms. The second-order valence-electron chi connectivity index (χ2n) is 4.81. The molecule has 0 amide bonds. The van der Waals surface area contributed by atoms with Crippen molar-refractivity contribution in [2.75, 3.05) is 7.05 Å². The van der Waals surface area contributed by atoms with Crippen LogP contribution >= 0.6 is 0 Å². The fourth-order valence-corrected chi connectivity index (χ4v) is 1.64. The molecule has 0 radical (unpaired) electrons. The first-order valence-corrected chi connectivity index (χ1v) is 5.40. The van der Waals surface area contributed by atoms with Crippen LogP contribution in [0.4, 0.5) is 0 Å². The third-order valence-electron chi connectivity index (χ3n) is 3.19. The maximum absolute atomic E-state index is 6.29. The predicted octanol–water partition coefficient (Wildman–Crippen LogP) is 2.30. The number of benzene rings is 1. The molecule has 0 aromatic heterocycles. The number of likely N-dealkylation sites (N-methyl/N-ethyl adjacent to an activating group) is 1. The van der Waals surface area contributed by atoms with Crippen LogP contribution in [0.2, 0.25) is 0 Å². The van der Waals surface area contributed by atoms with E-state index in [4.69, 9.17) is 5.73 Å². The first-order valence-electron chi connectivity index (χ1n) is 5.40. The summed E-state index contributed by atoms with van der Waals surface area (Å²) in [4.78, 5) is 0. The van der Waals surface area contributed by atoms with Gasteiger partial charge in [0.1, 0.15) is 0 Å². The van der Waals surface area contributed by atoms with Gasteiger partial charge in [0.05, 0.1) is 0 Å². The average molecular weight is 206 g/mol. The highest BCUT2D eigenvalue weighted by Gasteiger charge is 2.26. The van der Waals surface area contributed by atoms with Crippen LogP contribution in [-0.2, 0) is 0 Å². The Balaban J connectivity index is 3.10. The van der Waals surface area contributed by atoms with Crippen molar-refractivity contribution in [2.45, 2.75) is 39.3 Å². The second kappa shape index (κ2) is 4.33. The SMILES string of the molecule is CNC(C)(C)C(N)c1cc(C)ccc1C.